The predicted octanol–water partition coefficient (Wildman–Crippen LogP) is 3.00. The molecule has 0 amide bonds. The standard InChI is InChI=1S/C21H21N5O2/c27-20(28)8-10-23-18-13-19(26-21(25-18)17-7-3-4-9-22-17)24-16-11-14-5-1-2-6-15(14)12-16/h1-7,9,13,16H,8,10-12H2,(H,27,28)(H2,23,24,25,26). The third-order valence-corrected chi connectivity index (χ3v) is 4.67. The Morgan fingerprint density at radius 1 is 1.04 bits per heavy atom. The Morgan fingerprint density at radius 2 is 1.75 bits per heavy atom. The first-order valence-electron chi connectivity index (χ1n) is 9.27. The molecule has 0 bridgehead atoms. The molecule has 1 aliphatic carbocycles. The smallest absolute Gasteiger partial charge is 0.305 e. The summed E-state index contributed by atoms with van der Waals surface area (Å²) in [5.41, 5.74) is 3.39. The van der Waals surface area contributed by atoms with Crippen molar-refractivity contribution in [3.63, 3.8) is 0 Å². The van der Waals surface area contributed by atoms with Gasteiger partial charge < -0.3 is 15.7 Å². The number of anilines is 2. The Kier molecular flexibility index (Phi) is 5.14. The number of nitrogens with zero attached hydrogens (tertiary/aromatic N) is 3. The van der Waals surface area contributed by atoms with Gasteiger partial charge in [0, 0.05) is 24.8 Å². The number of aliphatic carboxylic acids is 1. The number of fused-ring (bicyclic) bond motifs is 1. The van der Waals surface area contributed by atoms with Gasteiger partial charge in [0.1, 0.15) is 17.3 Å². The number of hydrogen-bond donors (Lipinski definition) is 3. The van der Waals surface area contributed by atoms with Crippen molar-refractivity contribution in [2.24, 2.45) is 0 Å². The zero-order valence-electron chi connectivity index (χ0n) is 15.3. The summed E-state index contributed by atoms with van der Waals surface area (Å²) in [5, 5.41) is 15.4. The van der Waals surface area contributed by atoms with Gasteiger partial charge in [0.05, 0.1) is 6.42 Å². The third kappa shape index (κ3) is 4.25. The first-order chi connectivity index (χ1) is 13.7. The molecule has 2 heterocycles. The molecule has 0 aliphatic heterocycles. The average Bonchev–Trinajstić information content (AvgIpc) is 3.10. The fourth-order valence-electron chi connectivity index (χ4n) is 3.39. The Morgan fingerprint density at radius 3 is 2.43 bits per heavy atom. The summed E-state index contributed by atoms with van der Waals surface area (Å²) < 4.78 is 0. The average molecular weight is 375 g/mol. The minimum absolute atomic E-state index is 0.0175. The second-order valence-corrected chi connectivity index (χ2v) is 6.77. The van der Waals surface area contributed by atoms with Crippen LogP contribution in [0.3, 0.4) is 0 Å². The van der Waals surface area contributed by atoms with E-state index in [9.17, 15) is 4.79 Å². The van der Waals surface area contributed by atoms with Gasteiger partial charge in [-0.15, -0.1) is 0 Å². The lowest BCUT2D eigenvalue weighted by molar-refractivity contribution is -0.136. The quantitative estimate of drug-likeness (QED) is 0.584. The molecule has 3 N–H and O–H groups in total. The van der Waals surface area contributed by atoms with E-state index in [-0.39, 0.29) is 12.5 Å². The van der Waals surface area contributed by atoms with E-state index in [1.807, 2.05) is 24.3 Å². The van der Waals surface area contributed by atoms with Crippen LogP contribution in [0.5, 0.6) is 0 Å². The number of carbonyl (C=O) groups is 1. The number of carboxylic acid groups (broad SMARTS) is 1. The Labute approximate surface area is 162 Å². The number of pyridine rings is 1. The van der Waals surface area contributed by atoms with Crippen molar-refractivity contribution in [3.8, 4) is 11.5 Å². The van der Waals surface area contributed by atoms with Crippen LogP contribution in [-0.2, 0) is 17.6 Å². The summed E-state index contributed by atoms with van der Waals surface area (Å²) in [6.07, 6.45) is 3.61. The van der Waals surface area contributed by atoms with Crippen molar-refractivity contribution in [2.75, 3.05) is 17.2 Å². The Balaban J connectivity index is 1.56. The lowest BCUT2D eigenvalue weighted by Crippen LogP contribution is -2.21. The highest BCUT2D eigenvalue weighted by Gasteiger charge is 2.21. The number of hydrogen-bond acceptors (Lipinski definition) is 6. The monoisotopic (exact) mass is 375 g/mol. The van der Waals surface area contributed by atoms with E-state index in [1.54, 1.807) is 6.20 Å². The third-order valence-electron chi connectivity index (χ3n) is 4.67. The van der Waals surface area contributed by atoms with E-state index in [0.29, 0.717) is 29.7 Å². The van der Waals surface area contributed by atoms with E-state index in [1.165, 1.54) is 11.1 Å². The maximum absolute atomic E-state index is 10.8. The molecule has 7 nitrogen and oxygen atoms in total. The summed E-state index contributed by atoms with van der Waals surface area (Å²) in [4.78, 5) is 24.2. The van der Waals surface area contributed by atoms with Gasteiger partial charge in [-0.25, -0.2) is 9.97 Å². The highest BCUT2D eigenvalue weighted by atomic mass is 16.4. The van der Waals surface area contributed by atoms with Crippen LogP contribution in [0.2, 0.25) is 0 Å². The Hall–Kier alpha value is -3.48. The summed E-state index contributed by atoms with van der Waals surface area (Å²) in [7, 11) is 0. The Bertz CT molecular complexity index is 953. The van der Waals surface area contributed by atoms with Gasteiger partial charge in [-0.3, -0.25) is 9.78 Å². The molecule has 7 heteroatoms. The largest absolute Gasteiger partial charge is 0.481 e. The molecule has 0 fully saturated rings. The van der Waals surface area contributed by atoms with E-state index >= 15 is 0 Å². The summed E-state index contributed by atoms with van der Waals surface area (Å²) >= 11 is 0. The number of carboxylic acids is 1. The van der Waals surface area contributed by atoms with Crippen LogP contribution in [-0.4, -0.2) is 38.6 Å². The van der Waals surface area contributed by atoms with Crippen molar-refractivity contribution in [3.05, 3.63) is 65.9 Å². The molecule has 0 unspecified atom stereocenters. The van der Waals surface area contributed by atoms with Crippen LogP contribution >= 0.6 is 0 Å². The molecule has 1 aliphatic rings. The van der Waals surface area contributed by atoms with E-state index in [4.69, 9.17) is 5.11 Å². The zero-order valence-corrected chi connectivity index (χ0v) is 15.3. The summed E-state index contributed by atoms with van der Waals surface area (Å²) in [5.74, 6) is 0.925. The van der Waals surface area contributed by atoms with Crippen molar-refractivity contribution >= 4 is 17.6 Å². The van der Waals surface area contributed by atoms with Crippen LogP contribution in [0.15, 0.2) is 54.7 Å². The van der Waals surface area contributed by atoms with Crippen molar-refractivity contribution in [1.82, 2.24) is 15.0 Å². The van der Waals surface area contributed by atoms with Crippen LogP contribution < -0.4 is 10.6 Å². The second-order valence-electron chi connectivity index (χ2n) is 6.77. The van der Waals surface area contributed by atoms with Gasteiger partial charge in [0.15, 0.2) is 5.82 Å². The van der Waals surface area contributed by atoms with Crippen LogP contribution in [0, 0.1) is 0 Å². The molecule has 0 spiro atoms. The molecule has 0 radical (unpaired) electrons. The van der Waals surface area contributed by atoms with Crippen molar-refractivity contribution in [1.29, 1.82) is 0 Å². The lowest BCUT2D eigenvalue weighted by atomic mass is 10.1. The van der Waals surface area contributed by atoms with E-state index < -0.39 is 5.97 Å². The van der Waals surface area contributed by atoms with Crippen LogP contribution in [0.4, 0.5) is 11.6 Å². The van der Waals surface area contributed by atoms with E-state index in [2.05, 4.69) is 49.9 Å². The number of benzene rings is 1. The predicted molar refractivity (Wildman–Crippen MR) is 107 cm³/mol. The summed E-state index contributed by atoms with van der Waals surface area (Å²) in [6, 6.07) is 16.1. The molecule has 2 aromatic heterocycles. The van der Waals surface area contributed by atoms with Gasteiger partial charge in [-0.05, 0) is 36.1 Å². The number of rotatable bonds is 7. The maximum atomic E-state index is 10.8. The molecule has 4 rings (SSSR count). The van der Waals surface area contributed by atoms with Gasteiger partial charge in [0.25, 0.3) is 0 Å². The van der Waals surface area contributed by atoms with Gasteiger partial charge in [-0.1, -0.05) is 30.3 Å². The normalized spacial score (nSPS) is 13.1. The number of aromatic nitrogens is 3. The van der Waals surface area contributed by atoms with Gasteiger partial charge >= 0.3 is 5.97 Å². The van der Waals surface area contributed by atoms with Crippen LogP contribution in [0.1, 0.15) is 17.5 Å². The lowest BCUT2D eigenvalue weighted by Gasteiger charge is -2.15. The SMILES string of the molecule is O=C(O)CCNc1cc(NC2Cc3ccccc3C2)nc(-c2ccccn2)n1. The highest BCUT2D eigenvalue weighted by molar-refractivity contribution is 5.67. The van der Waals surface area contributed by atoms with Crippen LogP contribution in [0.25, 0.3) is 11.5 Å². The molecule has 1 aromatic carbocycles. The summed E-state index contributed by atoms with van der Waals surface area (Å²) in [6.45, 7) is 0.294. The molecule has 142 valence electrons. The topological polar surface area (TPSA) is 100 Å². The molecule has 0 atom stereocenters. The van der Waals surface area contributed by atoms with Gasteiger partial charge in [-0.2, -0.15) is 0 Å². The molecule has 3 aromatic rings. The van der Waals surface area contributed by atoms with E-state index in [0.717, 1.165) is 12.8 Å². The minimum Gasteiger partial charge on any atom is -0.481 e. The first kappa shape index (κ1) is 17.9. The molecule has 28 heavy (non-hydrogen) atoms. The highest BCUT2D eigenvalue weighted by Crippen LogP contribution is 2.25. The molecule has 0 saturated heterocycles. The fourth-order valence-corrected chi connectivity index (χ4v) is 3.39. The molecule has 0 saturated carbocycles. The fraction of sp³-hybridized carbons (Fsp3) is 0.238. The second kappa shape index (κ2) is 8.04. The zero-order chi connectivity index (χ0) is 19.3. The van der Waals surface area contributed by atoms with Crippen molar-refractivity contribution < 1.29 is 9.90 Å². The minimum atomic E-state index is -0.853. The first-order valence-corrected chi connectivity index (χ1v) is 9.27. The number of nitrogens with one attached hydrogen (secondary N) is 2. The maximum Gasteiger partial charge on any atom is 0.305 e. The van der Waals surface area contributed by atoms with Gasteiger partial charge in [0.2, 0.25) is 0 Å². The van der Waals surface area contributed by atoms with Crippen molar-refractivity contribution in [2.45, 2.75) is 25.3 Å². The molecular weight excluding hydrogens is 354 g/mol. The molecular formula is C21H21N5O2.